The summed E-state index contributed by atoms with van der Waals surface area (Å²) < 4.78 is 10.7. The molecular weight excluding hydrogens is 266 g/mol. The van der Waals surface area contributed by atoms with Crippen LogP contribution in [0.25, 0.3) is 0 Å². The van der Waals surface area contributed by atoms with Gasteiger partial charge in [0.05, 0.1) is 20.1 Å². The molecule has 0 spiro atoms. The number of ether oxygens (including phenoxy) is 2. The van der Waals surface area contributed by atoms with Crippen molar-refractivity contribution in [1.82, 2.24) is 5.32 Å². The number of rotatable bonds is 7. The molecular formula is C17H23NO3. The van der Waals surface area contributed by atoms with Gasteiger partial charge in [0, 0.05) is 19.0 Å². The van der Waals surface area contributed by atoms with Crippen LogP contribution in [0.2, 0.25) is 0 Å². The van der Waals surface area contributed by atoms with Crippen LogP contribution in [0.15, 0.2) is 24.3 Å². The summed E-state index contributed by atoms with van der Waals surface area (Å²) in [4.78, 5) is 11.6. The normalized spacial score (nSPS) is 19.7. The van der Waals surface area contributed by atoms with E-state index in [0.29, 0.717) is 18.3 Å². The van der Waals surface area contributed by atoms with E-state index in [1.54, 1.807) is 0 Å². The van der Waals surface area contributed by atoms with Gasteiger partial charge in [0.1, 0.15) is 5.75 Å². The van der Waals surface area contributed by atoms with E-state index < -0.39 is 0 Å². The molecule has 0 amide bonds. The molecule has 4 heteroatoms. The molecule has 1 N–H and O–H groups in total. The standard InChI is InChI=1S/C17H23NO3/c1-20-17(19)8-16(13-5-6-13)14-3-2-4-15(7-14)21-11-12-9-18-10-12/h2-4,7,12-13,16,18H,5-6,8-11H2,1H3/t16-/m0/s1. The van der Waals surface area contributed by atoms with Gasteiger partial charge < -0.3 is 14.8 Å². The van der Waals surface area contributed by atoms with Gasteiger partial charge >= 0.3 is 5.97 Å². The topological polar surface area (TPSA) is 47.6 Å². The van der Waals surface area contributed by atoms with Crippen LogP contribution in [0, 0.1) is 11.8 Å². The SMILES string of the molecule is COC(=O)C[C@H](c1cccc(OCC2CNC2)c1)C1CC1. The Morgan fingerprint density at radius 3 is 2.81 bits per heavy atom. The van der Waals surface area contributed by atoms with Gasteiger partial charge in [-0.3, -0.25) is 4.79 Å². The van der Waals surface area contributed by atoms with Crippen LogP contribution in [0.5, 0.6) is 5.75 Å². The molecule has 1 saturated carbocycles. The third kappa shape index (κ3) is 3.76. The molecule has 1 aromatic rings. The van der Waals surface area contributed by atoms with E-state index in [2.05, 4.69) is 17.4 Å². The Morgan fingerprint density at radius 1 is 1.38 bits per heavy atom. The Morgan fingerprint density at radius 2 is 2.19 bits per heavy atom. The second kappa shape index (κ2) is 6.48. The minimum atomic E-state index is -0.126. The first-order chi connectivity index (χ1) is 10.3. The Labute approximate surface area is 125 Å². The van der Waals surface area contributed by atoms with Gasteiger partial charge in [0.2, 0.25) is 0 Å². The predicted octanol–water partition coefficient (Wildman–Crippen LogP) is 2.34. The van der Waals surface area contributed by atoms with Gasteiger partial charge in [0.15, 0.2) is 0 Å². The van der Waals surface area contributed by atoms with E-state index in [0.717, 1.165) is 25.4 Å². The highest BCUT2D eigenvalue weighted by atomic mass is 16.5. The molecule has 0 radical (unpaired) electrons. The average Bonchev–Trinajstić information content (AvgIpc) is 3.27. The van der Waals surface area contributed by atoms with Crippen molar-refractivity contribution in [2.45, 2.75) is 25.2 Å². The molecule has 1 aliphatic heterocycles. The van der Waals surface area contributed by atoms with Crippen LogP contribution in [-0.2, 0) is 9.53 Å². The number of esters is 1. The van der Waals surface area contributed by atoms with Crippen molar-refractivity contribution >= 4 is 5.97 Å². The highest BCUT2D eigenvalue weighted by Gasteiger charge is 2.34. The average molecular weight is 289 g/mol. The van der Waals surface area contributed by atoms with Crippen molar-refractivity contribution in [3.63, 3.8) is 0 Å². The zero-order valence-corrected chi connectivity index (χ0v) is 12.5. The number of nitrogens with one attached hydrogen (secondary N) is 1. The number of methoxy groups -OCH3 is 1. The fourth-order valence-electron chi connectivity index (χ4n) is 2.83. The first-order valence-corrected chi connectivity index (χ1v) is 7.76. The zero-order chi connectivity index (χ0) is 14.7. The number of carbonyl (C=O) groups is 1. The lowest BCUT2D eigenvalue weighted by Gasteiger charge is -2.27. The Balaban J connectivity index is 1.65. The molecule has 21 heavy (non-hydrogen) atoms. The molecule has 2 fully saturated rings. The number of hydrogen-bond acceptors (Lipinski definition) is 4. The van der Waals surface area contributed by atoms with E-state index in [9.17, 15) is 4.79 Å². The van der Waals surface area contributed by atoms with Crippen LogP contribution in [-0.4, -0.2) is 32.8 Å². The minimum absolute atomic E-state index is 0.126. The molecule has 1 saturated heterocycles. The molecule has 114 valence electrons. The fraction of sp³-hybridized carbons (Fsp3) is 0.588. The van der Waals surface area contributed by atoms with Crippen molar-refractivity contribution in [1.29, 1.82) is 0 Å². The fourth-order valence-corrected chi connectivity index (χ4v) is 2.83. The molecule has 0 unspecified atom stereocenters. The van der Waals surface area contributed by atoms with E-state index in [-0.39, 0.29) is 11.9 Å². The van der Waals surface area contributed by atoms with Gasteiger partial charge in [-0.05, 0) is 42.4 Å². The maximum absolute atomic E-state index is 11.6. The molecule has 0 aromatic heterocycles. The summed E-state index contributed by atoms with van der Waals surface area (Å²) in [5.74, 6) is 2.30. The summed E-state index contributed by atoms with van der Waals surface area (Å²) in [5.41, 5.74) is 1.20. The van der Waals surface area contributed by atoms with Crippen molar-refractivity contribution in [3.05, 3.63) is 29.8 Å². The first-order valence-electron chi connectivity index (χ1n) is 7.76. The Kier molecular flexibility index (Phi) is 4.44. The maximum atomic E-state index is 11.6. The second-order valence-corrected chi connectivity index (χ2v) is 6.13. The number of benzene rings is 1. The van der Waals surface area contributed by atoms with Gasteiger partial charge in [-0.2, -0.15) is 0 Å². The van der Waals surface area contributed by atoms with Gasteiger partial charge in [-0.25, -0.2) is 0 Å². The van der Waals surface area contributed by atoms with Crippen molar-refractivity contribution in [2.75, 3.05) is 26.8 Å². The lowest BCUT2D eigenvalue weighted by molar-refractivity contribution is -0.141. The van der Waals surface area contributed by atoms with Crippen LogP contribution in [0.4, 0.5) is 0 Å². The molecule has 1 aromatic carbocycles. The van der Waals surface area contributed by atoms with Crippen molar-refractivity contribution in [2.24, 2.45) is 11.8 Å². The van der Waals surface area contributed by atoms with Crippen LogP contribution < -0.4 is 10.1 Å². The molecule has 2 aliphatic rings. The molecule has 1 heterocycles. The maximum Gasteiger partial charge on any atom is 0.306 e. The van der Waals surface area contributed by atoms with Crippen LogP contribution >= 0.6 is 0 Å². The minimum Gasteiger partial charge on any atom is -0.493 e. The summed E-state index contributed by atoms with van der Waals surface area (Å²) in [6, 6.07) is 8.22. The summed E-state index contributed by atoms with van der Waals surface area (Å²) in [5, 5.41) is 3.25. The molecule has 3 rings (SSSR count). The Hall–Kier alpha value is -1.55. The summed E-state index contributed by atoms with van der Waals surface area (Å²) >= 11 is 0. The third-order valence-corrected chi connectivity index (χ3v) is 4.44. The van der Waals surface area contributed by atoms with E-state index in [1.807, 2.05) is 12.1 Å². The molecule has 0 bridgehead atoms. The Bertz CT molecular complexity index is 495. The first kappa shape index (κ1) is 14.4. The smallest absolute Gasteiger partial charge is 0.306 e. The number of hydrogen-bond donors (Lipinski definition) is 1. The van der Waals surface area contributed by atoms with E-state index in [4.69, 9.17) is 9.47 Å². The van der Waals surface area contributed by atoms with Crippen LogP contribution in [0.1, 0.15) is 30.7 Å². The highest BCUT2D eigenvalue weighted by Crippen LogP contribution is 2.45. The van der Waals surface area contributed by atoms with Crippen LogP contribution in [0.3, 0.4) is 0 Å². The lowest BCUT2D eigenvalue weighted by Crippen LogP contribution is -2.45. The van der Waals surface area contributed by atoms with E-state index in [1.165, 1.54) is 25.5 Å². The summed E-state index contributed by atoms with van der Waals surface area (Å²) in [6.45, 7) is 2.86. The largest absolute Gasteiger partial charge is 0.493 e. The monoisotopic (exact) mass is 289 g/mol. The quantitative estimate of drug-likeness (QED) is 0.783. The molecule has 1 aliphatic carbocycles. The summed E-state index contributed by atoms with van der Waals surface area (Å²) in [7, 11) is 1.46. The number of carbonyl (C=O) groups excluding carboxylic acids is 1. The second-order valence-electron chi connectivity index (χ2n) is 6.13. The van der Waals surface area contributed by atoms with E-state index >= 15 is 0 Å². The lowest BCUT2D eigenvalue weighted by atomic mass is 9.91. The van der Waals surface area contributed by atoms with Crippen molar-refractivity contribution in [3.8, 4) is 5.75 Å². The van der Waals surface area contributed by atoms with Gasteiger partial charge in [-0.1, -0.05) is 12.1 Å². The highest BCUT2D eigenvalue weighted by molar-refractivity contribution is 5.70. The van der Waals surface area contributed by atoms with Crippen molar-refractivity contribution < 1.29 is 14.3 Å². The molecule has 4 nitrogen and oxygen atoms in total. The van der Waals surface area contributed by atoms with Gasteiger partial charge in [-0.15, -0.1) is 0 Å². The van der Waals surface area contributed by atoms with Gasteiger partial charge in [0.25, 0.3) is 0 Å². The third-order valence-electron chi connectivity index (χ3n) is 4.44. The molecule has 1 atom stereocenters. The summed E-state index contributed by atoms with van der Waals surface area (Å²) in [6.07, 6.45) is 2.89. The predicted molar refractivity (Wildman–Crippen MR) is 80.4 cm³/mol. The zero-order valence-electron chi connectivity index (χ0n) is 12.5.